The highest BCUT2D eigenvalue weighted by atomic mass is 15.3. The van der Waals surface area contributed by atoms with Crippen LogP contribution in [0, 0.1) is 5.92 Å². The molecular weight excluding hydrogens is 260 g/mol. The molecule has 1 aromatic rings. The van der Waals surface area contributed by atoms with Crippen molar-refractivity contribution in [2.45, 2.75) is 45.7 Å². The highest BCUT2D eigenvalue weighted by Gasteiger charge is 2.32. The van der Waals surface area contributed by atoms with Crippen molar-refractivity contribution in [3.8, 4) is 0 Å². The van der Waals surface area contributed by atoms with E-state index in [1.165, 1.54) is 5.56 Å². The van der Waals surface area contributed by atoms with E-state index in [0.717, 1.165) is 24.6 Å². The fraction of sp³-hybridized carbons (Fsp3) is 0.706. The number of aromatic nitrogens is 1. The third-order valence-electron chi connectivity index (χ3n) is 4.44. The van der Waals surface area contributed by atoms with E-state index in [0.29, 0.717) is 18.5 Å². The van der Waals surface area contributed by atoms with Gasteiger partial charge in [0, 0.05) is 36.8 Å². The summed E-state index contributed by atoms with van der Waals surface area (Å²) in [7, 11) is 4.32. The molecule has 2 heterocycles. The maximum atomic E-state index is 5.88. The normalized spacial score (nSPS) is 23.1. The van der Waals surface area contributed by atoms with Crippen LogP contribution in [0.15, 0.2) is 12.1 Å². The molecule has 21 heavy (non-hydrogen) atoms. The summed E-state index contributed by atoms with van der Waals surface area (Å²) in [6.07, 6.45) is 0. The van der Waals surface area contributed by atoms with Gasteiger partial charge in [0.15, 0.2) is 0 Å². The zero-order valence-electron chi connectivity index (χ0n) is 14.3. The van der Waals surface area contributed by atoms with E-state index < -0.39 is 0 Å². The molecule has 1 aromatic heterocycles. The smallest absolute Gasteiger partial charge is 0.129 e. The van der Waals surface area contributed by atoms with Crippen LogP contribution in [0.4, 0.5) is 5.82 Å². The predicted octanol–water partition coefficient (Wildman–Crippen LogP) is 2.22. The zero-order valence-corrected chi connectivity index (χ0v) is 14.3. The molecule has 1 aliphatic heterocycles. The third-order valence-corrected chi connectivity index (χ3v) is 4.44. The minimum atomic E-state index is 0.0478. The van der Waals surface area contributed by atoms with Gasteiger partial charge >= 0.3 is 0 Å². The lowest BCUT2D eigenvalue weighted by Crippen LogP contribution is -2.34. The average molecular weight is 290 g/mol. The van der Waals surface area contributed by atoms with Crippen LogP contribution < -0.4 is 10.6 Å². The molecule has 0 saturated carbocycles. The molecule has 2 unspecified atom stereocenters. The van der Waals surface area contributed by atoms with E-state index in [9.17, 15) is 0 Å². The molecule has 0 bridgehead atoms. The van der Waals surface area contributed by atoms with Gasteiger partial charge in [0.05, 0.1) is 0 Å². The summed E-state index contributed by atoms with van der Waals surface area (Å²) in [5.74, 6) is 1.74. The molecule has 0 spiro atoms. The monoisotopic (exact) mass is 290 g/mol. The second kappa shape index (κ2) is 5.93. The molecule has 1 saturated heterocycles. The van der Waals surface area contributed by atoms with Crippen molar-refractivity contribution >= 4 is 5.82 Å². The molecule has 1 fully saturated rings. The minimum Gasteiger partial charge on any atom is -0.355 e. The Bertz CT molecular complexity index is 490. The number of pyridine rings is 1. The molecule has 0 aliphatic carbocycles. The maximum Gasteiger partial charge on any atom is 0.129 e. The second-order valence-corrected chi connectivity index (χ2v) is 7.59. The van der Waals surface area contributed by atoms with E-state index >= 15 is 0 Å². The lowest BCUT2D eigenvalue weighted by atomic mass is 9.90. The number of likely N-dealkylation sites (N-methyl/N-ethyl adjacent to an activating group) is 1. The van der Waals surface area contributed by atoms with E-state index in [4.69, 9.17) is 10.7 Å². The van der Waals surface area contributed by atoms with Crippen molar-refractivity contribution in [1.29, 1.82) is 0 Å². The van der Waals surface area contributed by atoms with Gasteiger partial charge in [-0.1, -0.05) is 27.7 Å². The van der Waals surface area contributed by atoms with Crippen LogP contribution in [-0.2, 0) is 12.0 Å². The predicted molar refractivity (Wildman–Crippen MR) is 89.7 cm³/mol. The SMILES string of the molecule is CC1CN(c2cc(CN)cc(C(C)(C)C)n2)CC1N(C)C. The van der Waals surface area contributed by atoms with Gasteiger partial charge in [0.2, 0.25) is 0 Å². The van der Waals surface area contributed by atoms with Crippen molar-refractivity contribution in [3.63, 3.8) is 0 Å². The van der Waals surface area contributed by atoms with E-state index in [-0.39, 0.29) is 5.41 Å². The van der Waals surface area contributed by atoms with E-state index in [2.05, 4.69) is 63.7 Å². The Balaban J connectivity index is 2.32. The summed E-state index contributed by atoms with van der Waals surface area (Å²) in [5.41, 5.74) is 8.22. The molecule has 2 N–H and O–H groups in total. The zero-order chi connectivity index (χ0) is 15.8. The van der Waals surface area contributed by atoms with Crippen molar-refractivity contribution in [1.82, 2.24) is 9.88 Å². The van der Waals surface area contributed by atoms with Crippen molar-refractivity contribution < 1.29 is 0 Å². The Morgan fingerprint density at radius 2 is 1.95 bits per heavy atom. The van der Waals surface area contributed by atoms with E-state index in [1.54, 1.807) is 0 Å². The second-order valence-electron chi connectivity index (χ2n) is 7.59. The Morgan fingerprint density at radius 3 is 2.43 bits per heavy atom. The van der Waals surface area contributed by atoms with Crippen LogP contribution in [0.3, 0.4) is 0 Å². The fourth-order valence-corrected chi connectivity index (χ4v) is 3.04. The standard InChI is InChI=1S/C17H30N4/c1-12-10-21(11-14(12)20(5)6)16-8-13(9-18)7-15(19-16)17(2,3)4/h7-8,12,14H,9-11,18H2,1-6H3. The van der Waals surface area contributed by atoms with Gasteiger partial charge in [-0.3, -0.25) is 0 Å². The lowest BCUT2D eigenvalue weighted by Gasteiger charge is -2.25. The molecule has 0 amide bonds. The van der Waals surface area contributed by atoms with Gasteiger partial charge < -0.3 is 15.5 Å². The first kappa shape index (κ1) is 16.2. The Labute approximate surface area is 129 Å². The van der Waals surface area contributed by atoms with Crippen LogP contribution >= 0.6 is 0 Å². The van der Waals surface area contributed by atoms with Gasteiger partial charge in [0.25, 0.3) is 0 Å². The highest BCUT2D eigenvalue weighted by molar-refractivity contribution is 5.45. The fourth-order valence-electron chi connectivity index (χ4n) is 3.04. The summed E-state index contributed by atoms with van der Waals surface area (Å²) in [5, 5.41) is 0. The number of anilines is 1. The summed E-state index contributed by atoms with van der Waals surface area (Å²) >= 11 is 0. The molecule has 2 rings (SSSR count). The van der Waals surface area contributed by atoms with Gasteiger partial charge in [-0.25, -0.2) is 4.98 Å². The molecule has 4 nitrogen and oxygen atoms in total. The topological polar surface area (TPSA) is 45.4 Å². The van der Waals surface area contributed by atoms with Crippen LogP contribution in [0.5, 0.6) is 0 Å². The number of hydrogen-bond acceptors (Lipinski definition) is 4. The molecule has 0 aromatic carbocycles. The van der Waals surface area contributed by atoms with Crippen LogP contribution in [-0.4, -0.2) is 43.1 Å². The summed E-state index contributed by atoms with van der Waals surface area (Å²) in [4.78, 5) is 9.64. The minimum absolute atomic E-state index is 0.0478. The summed E-state index contributed by atoms with van der Waals surface area (Å²) < 4.78 is 0. The molecule has 4 heteroatoms. The van der Waals surface area contributed by atoms with Gasteiger partial charge in [-0.05, 0) is 37.7 Å². The Hall–Kier alpha value is -1.13. The first-order chi connectivity index (χ1) is 9.72. The Kier molecular flexibility index (Phi) is 4.59. The van der Waals surface area contributed by atoms with Crippen LogP contribution in [0.25, 0.3) is 0 Å². The summed E-state index contributed by atoms with van der Waals surface area (Å²) in [6.45, 7) is 11.6. The van der Waals surface area contributed by atoms with Crippen molar-refractivity contribution in [2.24, 2.45) is 11.7 Å². The largest absolute Gasteiger partial charge is 0.355 e. The van der Waals surface area contributed by atoms with Gasteiger partial charge in [-0.2, -0.15) is 0 Å². The molecule has 2 atom stereocenters. The first-order valence-electron chi connectivity index (χ1n) is 7.85. The third kappa shape index (κ3) is 3.55. The molecule has 0 radical (unpaired) electrons. The average Bonchev–Trinajstić information content (AvgIpc) is 2.79. The maximum absolute atomic E-state index is 5.88. The van der Waals surface area contributed by atoms with Crippen LogP contribution in [0.2, 0.25) is 0 Å². The quantitative estimate of drug-likeness (QED) is 0.927. The van der Waals surface area contributed by atoms with Crippen LogP contribution in [0.1, 0.15) is 39.0 Å². The summed E-state index contributed by atoms with van der Waals surface area (Å²) in [6, 6.07) is 4.89. The van der Waals surface area contributed by atoms with Gasteiger partial charge in [-0.15, -0.1) is 0 Å². The van der Waals surface area contributed by atoms with Crippen molar-refractivity contribution in [3.05, 3.63) is 23.4 Å². The lowest BCUT2D eigenvalue weighted by molar-refractivity contribution is 0.266. The first-order valence-corrected chi connectivity index (χ1v) is 7.85. The molecule has 1 aliphatic rings. The molecule has 118 valence electrons. The van der Waals surface area contributed by atoms with E-state index in [1.807, 2.05) is 0 Å². The molecular formula is C17H30N4. The number of nitrogens with zero attached hydrogens (tertiary/aromatic N) is 3. The number of rotatable bonds is 3. The number of nitrogens with two attached hydrogens (primary N) is 1. The number of hydrogen-bond donors (Lipinski definition) is 1. The Morgan fingerprint density at radius 1 is 1.29 bits per heavy atom. The highest BCUT2D eigenvalue weighted by Crippen LogP contribution is 2.29. The van der Waals surface area contributed by atoms with Gasteiger partial charge in [0.1, 0.15) is 5.82 Å². The van der Waals surface area contributed by atoms with Crippen molar-refractivity contribution in [2.75, 3.05) is 32.1 Å².